The molecule has 1 aromatic rings. The molecule has 0 saturated carbocycles. The molecule has 1 aromatic carbocycles. The molecule has 4 heteroatoms. The highest BCUT2D eigenvalue weighted by atomic mass is 35.5. The second kappa shape index (κ2) is 7.85. The number of benzene rings is 1. The minimum absolute atomic E-state index is 0.500. The highest BCUT2D eigenvalue weighted by Crippen LogP contribution is 2.11. The maximum atomic E-state index is 11.8. The summed E-state index contributed by atoms with van der Waals surface area (Å²) in [6.45, 7) is 5.17. The molecule has 1 rings (SSSR count). The molecule has 0 heterocycles. The quantitative estimate of drug-likeness (QED) is 0.774. The first-order valence-electron chi connectivity index (χ1n) is 5.90. The zero-order valence-electron chi connectivity index (χ0n) is 10.4. The van der Waals surface area contributed by atoms with E-state index in [1.165, 1.54) is 0 Å². The van der Waals surface area contributed by atoms with Gasteiger partial charge in [-0.25, -0.2) is 0 Å². The van der Waals surface area contributed by atoms with E-state index < -0.39 is 10.8 Å². The third kappa shape index (κ3) is 6.81. The summed E-state index contributed by atoms with van der Waals surface area (Å²) in [6, 6.07) is 8.06. The van der Waals surface area contributed by atoms with Gasteiger partial charge in [-0.3, -0.25) is 4.21 Å². The average Bonchev–Trinajstić information content (AvgIpc) is 2.27. The van der Waals surface area contributed by atoms with Crippen LogP contribution < -0.4 is 5.32 Å². The summed E-state index contributed by atoms with van der Waals surface area (Å²) in [4.78, 5) is 0. The van der Waals surface area contributed by atoms with Gasteiger partial charge in [0.05, 0.1) is 0 Å². The molecular weight excluding hydrogens is 254 g/mol. The highest BCUT2D eigenvalue weighted by Gasteiger charge is 2.02. The Balaban J connectivity index is 2.23. The van der Waals surface area contributed by atoms with Gasteiger partial charge in [0.15, 0.2) is 0 Å². The second-order valence-corrected chi connectivity index (χ2v) is 6.39. The van der Waals surface area contributed by atoms with Gasteiger partial charge in [-0.05, 0) is 30.7 Å². The van der Waals surface area contributed by atoms with Crippen molar-refractivity contribution in [3.63, 3.8) is 0 Å². The topological polar surface area (TPSA) is 29.1 Å². The molecule has 1 N–H and O–H groups in total. The van der Waals surface area contributed by atoms with Crippen LogP contribution in [0.1, 0.15) is 25.8 Å². The van der Waals surface area contributed by atoms with Gasteiger partial charge < -0.3 is 5.32 Å². The van der Waals surface area contributed by atoms with Crippen LogP contribution in [-0.2, 0) is 16.6 Å². The van der Waals surface area contributed by atoms with Gasteiger partial charge in [-0.15, -0.1) is 0 Å². The van der Waals surface area contributed by atoms with Gasteiger partial charge in [0, 0.05) is 33.4 Å². The maximum absolute atomic E-state index is 11.8. The van der Waals surface area contributed by atoms with E-state index >= 15 is 0 Å². The Morgan fingerprint density at radius 1 is 1.29 bits per heavy atom. The van der Waals surface area contributed by atoms with E-state index in [-0.39, 0.29) is 0 Å². The van der Waals surface area contributed by atoms with Gasteiger partial charge in [0.2, 0.25) is 0 Å². The van der Waals surface area contributed by atoms with E-state index in [1.54, 1.807) is 0 Å². The molecule has 0 aliphatic carbocycles. The molecule has 0 aliphatic rings. The Bertz CT molecular complexity index is 351. The molecular formula is C13H20ClNOS. The molecule has 1 unspecified atom stereocenters. The van der Waals surface area contributed by atoms with Gasteiger partial charge in [0.1, 0.15) is 0 Å². The standard InChI is InChI=1S/C13H20ClNOS/c1-11(2)15-8-3-9-17(16)10-12-4-6-13(14)7-5-12/h4-7,11,15H,3,8-10H2,1-2H3. The lowest BCUT2D eigenvalue weighted by atomic mass is 10.2. The molecule has 0 saturated heterocycles. The fraction of sp³-hybridized carbons (Fsp3) is 0.538. The minimum Gasteiger partial charge on any atom is -0.315 e. The zero-order valence-corrected chi connectivity index (χ0v) is 12.0. The SMILES string of the molecule is CC(C)NCCCS(=O)Cc1ccc(Cl)cc1. The number of nitrogens with one attached hydrogen (secondary N) is 1. The fourth-order valence-corrected chi connectivity index (χ4v) is 2.76. The predicted octanol–water partition coefficient (Wildman–Crippen LogP) is 2.98. The largest absolute Gasteiger partial charge is 0.315 e. The molecule has 0 aliphatic heterocycles. The predicted molar refractivity (Wildman–Crippen MR) is 75.9 cm³/mol. The van der Waals surface area contributed by atoms with Gasteiger partial charge >= 0.3 is 0 Å². The normalized spacial score (nSPS) is 12.9. The van der Waals surface area contributed by atoms with E-state index in [4.69, 9.17) is 11.6 Å². The molecule has 1 atom stereocenters. The first kappa shape index (κ1) is 14.7. The monoisotopic (exact) mass is 273 g/mol. The van der Waals surface area contributed by atoms with Crippen LogP contribution >= 0.6 is 11.6 Å². The van der Waals surface area contributed by atoms with Crippen LogP contribution in [0.3, 0.4) is 0 Å². The Morgan fingerprint density at radius 3 is 2.53 bits per heavy atom. The van der Waals surface area contributed by atoms with E-state index in [0.717, 1.165) is 29.3 Å². The molecule has 0 spiro atoms. The van der Waals surface area contributed by atoms with E-state index in [1.807, 2.05) is 24.3 Å². The Hall–Kier alpha value is -0.380. The summed E-state index contributed by atoms with van der Waals surface area (Å²) in [5.74, 6) is 1.38. The van der Waals surface area contributed by atoms with Crippen molar-refractivity contribution >= 4 is 22.4 Å². The van der Waals surface area contributed by atoms with Crippen molar-refractivity contribution in [1.82, 2.24) is 5.32 Å². The van der Waals surface area contributed by atoms with Gasteiger partial charge in [-0.2, -0.15) is 0 Å². The summed E-state index contributed by atoms with van der Waals surface area (Å²) in [5.41, 5.74) is 1.09. The van der Waals surface area contributed by atoms with Crippen molar-refractivity contribution in [3.8, 4) is 0 Å². The van der Waals surface area contributed by atoms with Crippen molar-refractivity contribution in [1.29, 1.82) is 0 Å². The van der Waals surface area contributed by atoms with Crippen LogP contribution in [0.25, 0.3) is 0 Å². The molecule has 17 heavy (non-hydrogen) atoms. The molecule has 0 radical (unpaired) electrons. The molecule has 96 valence electrons. The second-order valence-electron chi connectivity index (χ2n) is 4.38. The molecule has 0 bridgehead atoms. The Kier molecular flexibility index (Phi) is 6.78. The molecule has 0 aromatic heterocycles. The van der Waals surface area contributed by atoms with E-state index in [2.05, 4.69) is 19.2 Å². The Labute approximate surface area is 111 Å². The summed E-state index contributed by atoms with van der Waals surface area (Å²) in [5, 5.41) is 4.04. The van der Waals surface area contributed by atoms with Crippen molar-refractivity contribution < 1.29 is 4.21 Å². The lowest BCUT2D eigenvalue weighted by molar-refractivity contribution is 0.583. The fourth-order valence-electron chi connectivity index (χ4n) is 1.46. The highest BCUT2D eigenvalue weighted by molar-refractivity contribution is 7.84. The molecule has 0 fully saturated rings. The third-order valence-corrected chi connectivity index (χ3v) is 3.99. The lowest BCUT2D eigenvalue weighted by Gasteiger charge is -2.07. The van der Waals surface area contributed by atoms with Crippen LogP contribution in [0.4, 0.5) is 0 Å². The number of rotatable bonds is 7. The summed E-state index contributed by atoms with van der Waals surface area (Å²) in [7, 11) is -0.775. The molecule has 2 nitrogen and oxygen atoms in total. The van der Waals surface area contributed by atoms with Crippen LogP contribution in [0.5, 0.6) is 0 Å². The number of hydrogen-bond acceptors (Lipinski definition) is 2. The van der Waals surface area contributed by atoms with Crippen LogP contribution in [0.15, 0.2) is 24.3 Å². The zero-order chi connectivity index (χ0) is 12.7. The van der Waals surface area contributed by atoms with Crippen molar-refractivity contribution in [3.05, 3.63) is 34.9 Å². The van der Waals surface area contributed by atoms with Crippen molar-refractivity contribution in [2.45, 2.75) is 32.1 Å². The average molecular weight is 274 g/mol. The Morgan fingerprint density at radius 2 is 1.94 bits per heavy atom. The van der Waals surface area contributed by atoms with Crippen molar-refractivity contribution in [2.75, 3.05) is 12.3 Å². The minimum atomic E-state index is -0.775. The maximum Gasteiger partial charge on any atom is 0.0485 e. The smallest absolute Gasteiger partial charge is 0.0485 e. The summed E-state index contributed by atoms with van der Waals surface area (Å²) < 4.78 is 11.8. The van der Waals surface area contributed by atoms with Gasteiger partial charge in [-0.1, -0.05) is 37.6 Å². The van der Waals surface area contributed by atoms with Crippen molar-refractivity contribution in [2.24, 2.45) is 0 Å². The van der Waals surface area contributed by atoms with Crippen LogP contribution in [0, 0.1) is 0 Å². The number of halogens is 1. The first-order chi connectivity index (χ1) is 8.08. The van der Waals surface area contributed by atoms with Crippen LogP contribution in [0.2, 0.25) is 5.02 Å². The van der Waals surface area contributed by atoms with Crippen LogP contribution in [-0.4, -0.2) is 22.5 Å². The lowest BCUT2D eigenvalue weighted by Crippen LogP contribution is -2.24. The summed E-state index contributed by atoms with van der Waals surface area (Å²) >= 11 is 5.80. The number of hydrogen-bond donors (Lipinski definition) is 1. The molecule has 0 amide bonds. The van der Waals surface area contributed by atoms with E-state index in [0.29, 0.717) is 11.8 Å². The first-order valence-corrected chi connectivity index (χ1v) is 7.77. The summed E-state index contributed by atoms with van der Waals surface area (Å²) in [6.07, 6.45) is 0.957. The van der Waals surface area contributed by atoms with E-state index in [9.17, 15) is 4.21 Å². The third-order valence-electron chi connectivity index (χ3n) is 2.34. The van der Waals surface area contributed by atoms with Gasteiger partial charge in [0.25, 0.3) is 0 Å².